The van der Waals surface area contributed by atoms with E-state index in [1.165, 1.54) is 29.1 Å². The minimum atomic E-state index is -0.138. The van der Waals surface area contributed by atoms with E-state index >= 15 is 0 Å². The van der Waals surface area contributed by atoms with Crippen LogP contribution in [0.25, 0.3) is 6.08 Å². The Bertz CT molecular complexity index is 578. The van der Waals surface area contributed by atoms with Crippen molar-refractivity contribution in [2.24, 2.45) is 4.99 Å². The fourth-order valence-corrected chi connectivity index (χ4v) is 3.35. The first-order chi connectivity index (χ1) is 8.76. The molecule has 0 aromatic heterocycles. The van der Waals surface area contributed by atoms with E-state index < -0.39 is 0 Å². The molecule has 0 saturated heterocycles. The van der Waals surface area contributed by atoms with Gasteiger partial charge in [-0.3, -0.25) is 4.79 Å². The third-order valence-electron chi connectivity index (χ3n) is 2.79. The molecule has 1 aromatic rings. The molecular formula is C13H11NO2S2. The van der Waals surface area contributed by atoms with E-state index in [4.69, 9.17) is 4.74 Å². The van der Waals surface area contributed by atoms with Crippen LogP contribution in [0.5, 0.6) is 5.75 Å². The first kappa shape index (κ1) is 11.9. The van der Waals surface area contributed by atoms with Crippen LogP contribution in [0, 0.1) is 0 Å². The summed E-state index contributed by atoms with van der Waals surface area (Å²) in [5.74, 6) is 0.824. The number of carbonyl (C=O) groups excluding carboxylic acids is 1. The number of nitrogens with zero attached hydrogens (tertiary/aromatic N) is 1. The average molecular weight is 277 g/mol. The number of hydrogen-bond acceptors (Lipinski definition) is 4. The van der Waals surface area contributed by atoms with Crippen molar-refractivity contribution < 1.29 is 9.53 Å². The maximum atomic E-state index is 11.7. The van der Waals surface area contributed by atoms with Gasteiger partial charge in [-0.05, 0) is 35.6 Å². The molecule has 3 rings (SSSR count). The molecule has 0 atom stereocenters. The molecule has 0 unspecified atom stereocenters. The maximum absolute atomic E-state index is 11.7. The molecule has 1 amide bonds. The Hall–Kier alpha value is -1.20. The number of ether oxygens (including phenoxy) is 1. The molecule has 18 heavy (non-hydrogen) atoms. The number of hydrogen-bond donors (Lipinski definition) is 0. The van der Waals surface area contributed by atoms with E-state index in [1.54, 1.807) is 0 Å². The lowest BCUT2D eigenvalue weighted by Gasteiger charge is -2.00. The molecule has 0 spiro atoms. The van der Waals surface area contributed by atoms with Gasteiger partial charge in [-0.15, -0.1) is 11.8 Å². The molecule has 92 valence electrons. The lowest BCUT2D eigenvalue weighted by atomic mass is 10.1. The molecule has 0 bridgehead atoms. The van der Waals surface area contributed by atoms with Crippen LogP contribution in [0.3, 0.4) is 0 Å². The van der Waals surface area contributed by atoms with E-state index in [9.17, 15) is 4.79 Å². The van der Waals surface area contributed by atoms with E-state index in [1.807, 2.05) is 24.5 Å². The zero-order chi connectivity index (χ0) is 12.5. The fourth-order valence-electron chi connectivity index (χ4n) is 1.92. The average Bonchev–Trinajstić information content (AvgIpc) is 2.96. The van der Waals surface area contributed by atoms with E-state index in [0.717, 1.165) is 28.7 Å². The number of amides is 1. The number of carbonyl (C=O) groups is 1. The second-order valence-electron chi connectivity index (χ2n) is 3.96. The van der Waals surface area contributed by atoms with Crippen LogP contribution >= 0.6 is 23.5 Å². The van der Waals surface area contributed by atoms with Gasteiger partial charge in [0.05, 0.1) is 11.5 Å². The zero-order valence-corrected chi connectivity index (χ0v) is 11.4. The Morgan fingerprint density at radius 2 is 2.39 bits per heavy atom. The number of benzene rings is 1. The van der Waals surface area contributed by atoms with Gasteiger partial charge in [0.2, 0.25) is 0 Å². The summed E-state index contributed by atoms with van der Waals surface area (Å²) in [7, 11) is 0. The van der Waals surface area contributed by atoms with Crippen LogP contribution in [0.4, 0.5) is 0 Å². The fraction of sp³-hybridized carbons (Fsp3) is 0.231. The van der Waals surface area contributed by atoms with Crippen LogP contribution < -0.4 is 4.74 Å². The first-order valence-corrected chi connectivity index (χ1v) is 7.62. The van der Waals surface area contributed by atoms with Gasteiger partial charge < -0.3 is 4.74 Å². The quantitative estimate of drug-likeness (QED) is 0.740. The Labute approximate surface area is 114 Å². The van der Waals surface area contributed by atoms with Crippen LogP contribution in [-0.2, 0) is 11.2 Å². The number of rotatable bonds is 1. The van der Waals surface area contributed by atoms with E-state index in [2.05, 4.69) is 11.1 Å². The summed E-state index contributed by atoms with van der Waals surface area (Å²) >= 11 is 2.94. The maximum Gasteiger partial charge on any atom is 0.285 e. The van der Waals surface area contributed by atoms with E-state index in [0.29, 0.717) is 4.91 Å². The second kappa shape index (κ2) is 4.82. The van der Waals surface area contributed by atoms with Crippen molar-refractivity contribution >= 4 is 39.9 Å². The van der Waals surface area contributed by atoms with Crippen LogP contribution in [0.1, 0.15) is 11.1 Å². The number of aliphatic imine (C=N–C) groups is 1. The Morgan fingerprint density at radius 1 is 1.50 bits per heavy atom. The zero-order valence-electron chi connectivity index (χ0n) is 9.80. The molecule has 0 fully saturated rings. The van der Waals surface area contributed by atoms with Crippen LogP contribution in [0.15, 0.2) is 28.1 Å². The summed E-state index contributed by atoms with van der Waals surface area (Å²) in [6.07, 6.45) is 4.77. The highest BCUT2D eigenvalue weighted by molar-refractivity contribution is 8.40. The summed E-state index contributed by atoms with van der Waals surface area (Å²) < 4.78 is 6.28. The van der Waals surface area contributed by atoms with Crippen molar-refractivity contribution in [3.05, 3.63) is 34.2 Å². The molecule has 0 N–H and O–H groups in total. The predicted octanol–water partition coefficient (Wildman–Crippen LogP) is 2.95. The third-order valence-corrected chi connectivity index (χ3v) is 4.76. The summed E-state index contributed by atoms with van der Waals surface area (Å²) in [4.78, 5) is 16.3. The largest absolute Gasteiger partial charge is 0.493 e. The molecule has 5 heteroatoms. The lowest BCUT2D eigenvalue weighted by Crippen LogP contribution is -1.88. The van der Waals surface area contributed by atoms with Gasteiger partial charge in [0.15, 0.2) is 0 Å². The molecule has 0 saturated carbocycles. The smallest absolute Gasteiger partial charge is 0.285 e. The van der Waals surface area contributed by atoms with Crippen molar-refractivity contribution in [1.82, 2.24) is 0 Å². The van der Waals surface area contributed by atoms with Crippen molar-refractivity contribution in [2.75, 3.05) is 12.9 Å². The highest BCUT2D eigenvalue weighted by Crippen LogP contribution is 2.33. The molecule has 2 aliphatic rings. The molecule has 3 nitrogen and oxygen atoms in total. The van der Waals surface area contributed by atoms with E-state index in [-0.39, 0.29) is 5.91 Å². The summed E-state index contributed by atoms with van der Waals surface area (Å²) in [6.45, 7) is 0.753. The second-order valence-corrected chi connectivity index (χ2v) is 6.05. The normalized spacial score (nSPS) is 19.9. The van der Waals surface area contributed by atoms with Gasteiger partial charge in [0, 0.05) is 6.42 Å². The molecule has 1 aromatic carbocycles. The van der Waals surface area contributed by atoms with Gasteiger partial charge >= 0.3 is 0 Å². The van der Waals surface area contributed by atoms with Gasteiger partial charge in [-0.1, -0.05) is 17.8 Å². The van der Waals surface area contributed by atoms with Crippen LogP contribution in [-0.4, -0.2) is 23.1 Å². The number of fused-ring (bicyclic) bond motifs is 1. The Kier molecular flexibility index (Phi) is 3.18. The monoisotopic (exact) mass is 277 g/mol. The van der Waals surface area contributed by atoms with Gasteiger partial charge in [0.1, 0.15) is 10.1 Å². The van der Waals surface area contributed by atoms with Crippen molar-refractivity contribution in [3.8, 4) is 5.75 Å². The molecule has 2 aliphatic heterocycles. The molecule has 0 aliphatic carbocycles. The third kappa shape index (κ3) is 2.20. The summed E-state index contributed by atoms with van der Waals surface area (Å²) in [6, 6.07) is 6.03. The van der Waals surface area contributed by atoms with Gasteiger partial charge in [-0.25, -0.2) is 0 Å². The molecule has 0 radical (unpaired) electrons. The summed E-state index contributed by atoms with van der Waals surface area (Å²) in [5.41, 5.74) is 2.25. The van der Waals surface area contributed by atoms with Gasteiger partial charge in [-0.2, -0.15) is 4.99 Å². The van der Waals surface area contributed by atoms with Crippen molar-refractivity contribution in [1.29, 1.82) is 0 Å². The van der Waals surface area contributed by atoms with Crippen molar-refractivity contribution in [2.45, 2.75) is 6.42 Å². The number of thioether (sulfide) groups is 2. The lowest BCUT2D eigenvalue weighted by molar-refractivity contribution is -0.113. The molecular weight excluding hydrogens is 266 g/mol. The van der Waals surface area contributed by atoms with Crippen LogP contribution in [0.2, 0.25) is 0 Å². The minimum Gasteiger partial charge on any atom is -0.493 e. The van der Waals surface area contributed by atoms with Gasteiger partial charge in [0.25, 0.3) is 5.91 Å². The predicted molar refractivity (Wildman–Crippen MR) is 77.2 cm³/mol. The Morgan fingerprint density at radius 3 is 3.17 bits per heavy atom. The van der Waals surface area contributed by atoms with Crippen molar-refractivity contribution in [3.63, 3.8) is 0 Å². The standard InChI is InChI=1S/C13H11NO2S2/c1-17-13-14-12(15)11(18-13)7-8-2-3-10-9(6-8)4-5-16-10/h2-3,6-7H,4-5H2,1H3/b11-7-. The highest BCUT2D eigenvalue weighted by atomic mass is 32.2. The SMILES string of the molecule is CSC1=NC(=O)/C(=C/c2ccc3c(c2)CCO3)S1. The minimum absolute atomic E-state index is 0.138. The topological polar surface area (TPSA) is 38.7 Å². The Balaban J connectivity index is 1.87. The highest BCUT2D eigenvalue weighted by Gasteiger charge is 2.21. The first-order valence-electron chi connectivity index (χ1n) is 5.58. The summed E-state index contributed by atoms with van der Waals surface area (Å²) in [5, 5.41) is 0. The molecule has 2 heterocycles.